The van der Waals surface area contributed by atoms with Crippen molar-refractivity contribution in [1.29, 1.82) is 0 Å². The highest BCUT2D eigenvalue weighted by Gasteiger charge is 2.12. The second kappa shape index (κ2) is 8.53. The summed E-state index contributed by atoms with van der Waals surface area (Å²) in [4.78, 5) is 16.7. The van der Waals surface area contributed by atoms with Gasteiger partial charge in [0.15, 0.2) is 5.82 Å². The van der Waals surface area contributed by atoms with E-state index in [-0.39, 0.29) is 5.91 Å². The van der Waals surface area contributed by atoms with Crippen LogP contribution in [0.2, 0.25) is 0 Å². The van der Waals surface area contributed by atoms with Crippen molar-refractivity contribution in [2.75, 3.05) is 5.32 Å². The molecule has 5 nitrogen and oxygen atoms in total. The van der Waals surface area contributed by atoms with Crippen molar-refractivity contribution in [1.82, 2.24) is 14.8 Å². The van der Waals surface area contributed by atoms with Crippen LogP contribution in [0.4, 0.5) is 5.82 Å². The fourth-order valence-electron chi connectivity index (χ4n) is 2.76. The molecule has 1 aromatic carbocycles. The molecule has 0 spiro atoms. The van der Waals surface area contributed by atoms with E-state index in [0.29, 0.717) is 17.3 Å². The van der Waals surface area contributed by atoms with Gasteiger partial charge in [0.25, 0.3) is 5.91 Å². The number of hydrogen-bond donors (Lipinski definition) is 1. The van der Waals surface area contributed by atoms with Crippen molar-refractivity contribution in [2.45, 2.75) is 34.2 Å². The molecule has 0 radical (unpaired) electrons. The second-order valence-electron chi connectivity index (χ2n) is 7.22. The number of aromatic nitrogens is 3. The lowest BCUT2D eigenvalue weighted by Gasteiger charge is -2.07. The highest BCUT2D eigenvalue weighted by atomic mass is 16.1. The van der Waals surface area contributed by atoms with Crippen molar-refractivity contribution < 1.29 is 4.79 Å². The summed E-state index contributed by atoms with van der Waals surface area (Å²) in [7, 11) is 0. The molecule has 0 aliphatic heterocycles. The van der Waals surface area contributed by atoms with Gasteiger partial charge in [-0.15, -0.1) is 0 Å². The van der Waals surface area contributed by atoms with Gasteiger partial charge in [-0.3, -0.25) is 14.5 Å². The zero-order valence-electron chi connectivity index (χ0n) is 16.7. The standard InChI is InChI=1S/C23H24N4O/c1-16(2)15-27-18(4)12-22(26-27)25-23(28)21-9-7-17(3)20(13-21)10-8-19-6-5-11-24-14-19/h5-7,9,11-14,16H,15H2,1-4H3,(H,25,26,28). The van der Waals surface area contributed by atoms with Gasteiger partial charge in [-0.25, -0.2) is 0 Å². The van der Waals surface area contributed by atoms with Gasteiger partial charge in [-0.1, -0.05) is 31.8 Å². The SMILES string of the molecule is Cc1ccc(C(=O)Nc2cc(C)n(CC(C)C)n2)cc1C#Cc1cccnc1. The molecular weight excluding hydrogens is 348 g/mol. The minimum atomic E-state index is -0.196. The summed E-state index contributed by atoms with van der Waals surface area (Å²) in [6, 6.07) is 11.2. The Morgan fingerprint density at radius 2 is 2.00 bits per heavy atom. The van der Waals surface area contributed by atoms with Gasteiger partial charge in [0.1, 0.15) is 0 Å². The largest absolute Gasteiger partial charge is 0.305 e. The maximum atomic E-state index is 12.7. The highest BCUT2D eigenvalue weighted by molar-refractivity contribution is 6.04. The quantitative estimate of drug-likeness (QED) is 0.698. The molecule has 1 N–H and O–H groups in total. The Kier molecular flexibility index (Phi) is 5.90. The predicted molar refractivity (Wildman–Crippen MR) is 111 cm³/mol. The van der Waals surface area contributed by atoms with Crippen LogP contribution in [0, 0.1) is 31.6 Å². The number of amides is 1. The molecule has 2 heterocycles. The Morgan fingerprint density at radius 1 is 1.18 bits per heavy atom. The molecule has 0 saturated carbocycles. The Morgan fingerprint density at radius 3 is 2.71 bits per heavy atom. The van der Waals surface area contributed by atoms with Crippen LogP contribution in [0.1, 0.15) is 46.6 Å². The number of rotatable bonds is 4. The molecule has 1 amide bonds. The topological polar surface area (TPSA) is 59.8 Å². The predicted octanol–water partition coefficient (Wildman–Crippen LogP) is 4.20. The number of benzene rings is 1. The van der Waals surface area contributed by atoms with Gasteiger partial charge in [-0.05, 0) is 49.6 Å². The third-order valence-corrected chi connectivity index (χ3v) is 4.26. The number of nitrogens with zero attached hydrogens (tertiary/aromatic N) is 3. The van der Waals surface area contributed by atoms with Crippen LogP contribution >= 0.6 is 0 Å². The van der Waals surface area contributed by atoms with Gasteiger partial charge < -0.3 is 5.32 Å². The minimum absolute atomic E-state index is 0.196. The van der Waals surface area contributed by atoms with Gasteiger partial charge in [0, 0.05) is 47.4 Å². The van der Waals surface area contributed by atoms with Crippen LogP contribution in [-0.2, 0) is 6.54 Å². The number of nitrogens with one attached hydrogen (secondary N) is 1. The van der Waals surface area contributed by atoms with Crippen molar-refractivity contribution in [3.05, 3.63) is 76.7 Å². The zero-order chi connectivity index (χ0) is 20.1. The first-order chi connectivity index (χ1) is 13.4. The highest BCUT2D eigenvalue weighted by Crippen LogP contribution is 2.15. The molecule has 5 heteroatoms. The van der Waals surface area contributed by atoms with E-state index in [1.807, 2.05) is 48.9 Å². The Hall–Kier alpha value is -3.39. The number of carbonyl (C=O) groups excluding carboxylic acids is 1. The van der Waals surface area contributed by atoms with E-state index in [1.165, 1.54) is 0 Å². The van der Waals surface area contributed by atoms with E-state index in [2.05, 4.69) is 41.1 Å². The van der Waals surface area contributed by atoms with Crippen LogP contribution in [-0.4, -0.2) is 20.7 Å². The molecule has 28 heavy (non-hydrogen) atoms. The molecule has 2 aromatic heterocycles. The van der Waals surface area contributed by atoms with Crippen LogP contribution in [0.3, 0.4) is 0 Å². The van der Waals surface area contributed by atoms with Crippen LogP contribution in [0.15, 0.2) is 48.8 Å². The number of hydrogen-bond acceptors (Lipinski definition) is 3. The van der Waals surface area contributed by atoms with E-state index in [9.17, 15) is 4.79 Å². The van der Waals surface area contributed by atoms with E-state index in [4.69, 9.17) is 0 Å². The molecule has 0 bridgehead atoms. The molecule has 0 saturated heterocycles. The van der Waals surface area contributed by atoms with Gasteiger partial charge in [-0.2, -0.15) is 5.10 Å². The maximum Gasteiger partial charge on any atom is 0.256 e. The van der Waals surface area contributed by atoms with Gasteiger partial charge in [0.2, 0.25) is 0 Å². The normalized spacial score (nSPS) is 10.5. The maximum absolute atomic E-state index is 12.7. The number of carbonyl (C=O) groups is 1. The Labute approximate surface area is 165 Å². The van der Waals surface area contributed by atoms with Crippen molar-refractivity contribution in [2.24, 2.45) is 5.92 Å². The average Bonchev–Trinajstić information content (AvgIpc) is 3.00. The summed E-state index contributed by atoms with van der Waals surface area (Å²) in [5.74, 6) is 7.07. The third-order valence-electron chi connectivity index (χ3n) is 4.26. The van der Waals surface area contributed by atoms with Gasteiger partial charge >= 0.3 is 0 Å². The second-order valence-corrected chi connectivity index (χ2v) is 7.22. The van der Waals surface area contributed by atoms with Crippen molar-refractivity contribution in [3.63, 3.8) is 0 Å². The third kappa shape index (κ3) is 4.86. The molecule has 0 fully saturated rings. The summed E-state index contributed by atoms with van der Waals surface area (Å²) in [6.07, 6.45) is 3.43. The number of anilines is 1. The lowest BCUT2D eigenvalue weighted by atomic mass is 10.0. The zero-order valence-corrected chi connectivity index (χ0v) is 16.7. The molecule has 0 aliphatic rings. The fraction of sp³-hybridized carbons (Fsp3) is 0.261. The first-order valence-corrected chi connectivity index (χ1v) is 9.31. The van der Waals surface area contributed by atoms with Crippen LogP contribution in [0.25, 0.3) is 0 Å². The first-order valence-electron chi connectivity index (χ1n) is 9.31. The first kappa shape index (κ1) is 19.4. The van der Waals surface area contributed by atoms with E-state index in [1.54, 1.807) is 18.5 Å². The lowest BCUT2D eigenvalue weighted by molar-refractivity contribution is 0.102. The minimum Gasteiger partial charge on any atom is -0.305 e. The number of pyridine rings is 1. The summed E-state index contributed by atoms with van der Waals surface area (Å²) < 4.78 is 1.92. The monoisotopic (exact) mass is 372 g/mol. The molecule has 142 valence electrons. The lowest BCUT2D eigenvalue weighted by Crippen LogP contribution is -2.13. The van der Waals surface area contributed by atoms with E-state index in [0.717, 1.165) is 28.9 Å². The molecule has 3 aromatic rings. The van der Waals surface area contributed by atoms with Crippen molar-refractivity contribution >= 4 is 11.7 Å². The molecular formula is C23H24N4O. The fourth-order valence-corrected chi connectivity index (χ4v) is 2.76. The van der Waals surface area contributed by atoms with Crippen molar-refractivity contribution in [3.8, 4) is 11.8 Å². The van der Waals surface area contributed by atoms with Crippen LogP contribution in [0.5, 0.6) is 0 Å². The Bertz CT molecular complexity index is 1040. The van der Waals surface area contributed by atoms with Gasteiger partial charge in [0.05, 0.1) is 0 Å². The van der Waals surface area contributed by atoms with Crippen LogP contribution < -0.4 is 5.32 Å². The summed E-state index contributed by atoms with van der Waals surface area (Å²) in [5, 5.41) is 7.37. The summed E-state index contributed by atoms with van der Waals surface area (Å²) >= 11 is 0. The molecule has 0 unspecified atom stereocenters. The molecule has 3 rings (SSSR count). The Balaban J connectivity index is 1.79. The van der Waals surface area contributed by atoms with E-state index >= 15 is 0 Å². The summed E-state index contributed by atoms with van der Waals surface area (Å²) in [5.41, 5.74) is 4.25. The summed E-state index contributed by atoms with van der Waals surface area (Å²) in [6.45, 7) is 9.06. The van der Waals surface area contributed by atoms with E-state index < -0.39 is 0 Å². The number of aryl methyl sites for hydroxylation is 2. The average molecular weight is 372 g/mol. The molecule has 0 aliphatic carbocycles. The smallest absolute Gasteiger partial charge is 0.256 e. The molecule has 0 atom stereocenters.